The Kier molecular flexibility index (Phi) is 4.19. The third-order valence-corrected chi connectivity index (χ3v) is 3.11. The maximum atomic E-state index is 12.7. The number of hydrogen-bond donors (Lipinski definition) is 0. The molecule has 2 heterocycles. The molecule has 116 valence electrons. The Morgan fingerprint density at radius 3 is 2.71 bits per heavy atom. The summed E-state index contributed by atoms with van der Waals surface area (Å²) in [5, 5.41) is 10.6. The van der Waals surface area contributed by atoms with Gasteiger partial charge in [0.2, 0.25) is 11.0 Å². The van der Waals surface area contributed by atoms with Crippen LogP contribution in [0.5, 0.6) is 0 Å². The molecule has 0 spiro atoms. The van der Waals surface area contributed by atoms with E-state index < -0.39 is 34.6 Å². The molecule has 0 saturated carbocycles. The van der Waals surface area contributed by atoms with Gasteiger partial charge >= 0.3 is 11.9 Å². The van der Waals surface area contributed by atoms with Crippen molar-refractivity contribution in [3.63, 3.8) is 0 Å². The van der Waals surface area contributed by atoms with Crippen LogP contribution in [0.2, 0.25) is 5.15 Å². The number of ether oxygens (including phenoxy) is 1. The zero-order valence-corrected chi connectivity index (χ0v) is 11.5. The summed E-state index contributed by atoms with van der Waals surface area (Å²) < 4.78 is 42.8. The Labute approximate surface area is 121 Å². The summed E-state index contributed by atoms with van der Waals surface area (Å²) in [6.45, 7) is 0.681. The number of aryl methyl sites for hydroxylation is 1. The molecule has 1 saturated heterocycles. The van der Waals surface area contributed by atoms with Gasteiger partial charge in [-0.05, 0) is 6.92 Å². The first-order chi connectivity index (χ1) is 9.70. The van der Waals surface area contributed by atoms with Crippen LogP contribution in [0.3, 0.4) is 0 Å². The van der Waals surface area contributed by atoms with E-state index in [2.05, 4.69) is 14.7 Å². The van der Waals surface area contributed by atoms with Crippen molar-refractivity contribution in [2.24, 2.45) is 0 Å². The van der Waals surface area contributed by atoms with E-state index in [-0.39, 0.29) is 24.8 Å². The third kappa shape index (κ3) is 3.32. The highest BCUT2D eigenvalue weighted by Gasteiger charge is 2.44. The second-order valence-electron chi connectivity index (χ2n) is 4.34. The Balaban J connectivity index is 2.39. The van der Waals surface area contributed by atoms with Gasteiger partial charge in [-0.15, -0.1) is 0 Å². The summed E-state index contributed by atoms with van der Waals surface area (Å²) >= 11 is 5.70. The molecule has 0 bridgehead atoms. The van der Waals surface area contributed by atoms with Crippen molar-refractivity contribution in [1.82, 2.24) is 9.97 Å². The summed E-state index contributed by atoms with van der Waals surface area (Å²) in [6, 6.07) is 0. The molecule has 0 amide bonds. The lowest BCUT2D eigenvalue weighted by atomic mass is 10.2. The number of nitrogens with zero attached hydrogens (tertiary/aromatic N) is 4. The molecule has 0 aromatic carbocycles. The molecule has 11 heteroatoms. The smallest absolute Gasteiger partial charge is 0.365 e. The summed E-state index contributed by atoms with van der Waals surface area (Å²) in [6.07, 6.45) is -6.58. The highest BCUT2D eigenvalue weighted by atomic mass is 35.5. The molecule has 1 aliphatic rings. The van der Waals surface area contributed by atoms with Crippen LogP contribution in [0.15, 0.2) is 0 Å². The van der Waals surface area contributed by atoms with Crippen molar-refractivity contribution in [2.75, 3.05) is 24.6 Å². The van der Waals surface area contributed by atoms with E-state index in [1.54, 1.807) is 0 Å². The van der Waals surface area contributed by atoms with Crippen LogP contribution in [0.1, 0.15) is 5.82 Å². The van der Waals surface area contributed by atoms with Crippen molar-refractivity contribution in [3.05, 3.63) is 21.1 Å². The first kappa shape index (κ1) is 15.7. The van der Waals surface area contributed by atoms with Crippen molar-refractivity contribution < 1.29 is 22.8 Å². The molecular formula is C10H10ClF3N4O3. The van der Waals surface area contributed by atoms with E-state index in [4.69, 9.17) is 11.6 Å². The third-order valence-electron chi connectivity index (χ3n) is 2.85. The molecule has 0 aliphatic carbocycles. The van der Waals surface area contributed by atoms with Crippen LogP contribution in [0.4, 0.5) is 24.7 Å². The molecule has 0 radical (unpaired) electrons. The number of hydrogen-bond acceptors (Lipinski definition) is 6. The van der Waals surface area contributed by atoms with E-state index in [1.807, 2.05) is 0 Å². The number of morpholine rings is 1. The minimum absolute atomic E-state index is 0.0419. The topological polar surface area (TPSA) is 81.4 Å². The van der Waals surface area contributed by atoms with Crippen LogP contribution in [-0.2, 0) is 4.74 Å². The van der Waals surface area contributed by atoms with Crippen LogP contribution in [0.25, 0.3) is 0 Å². The van der Waals surface area contributed by atoms with Crippen molar-refractivity contribution in [3.8, 4) is 0 Å². The fourth-order valence-corrected chi connectivity index (χ4v) is 2.21. The Morgan fingerprint density at radius 1 is 1.48 bits per heavy atom. The van der Waals surface area contributed by atoms with Gasteiger partial charge in [0.25, 0.3) is 0 Å². The number of halogens is 4. The maximum Gasteiger partial charge on any atom is 0.416 e. The van der Waals surface area contributed by atoms with E-state index in [0.29, 0.717) is 0 Å². The number of rotatable bonds is 2. The lowest BCUT2D eigenvalue weighted by Gasteiger charge is -2.34. The monoisotopic (exact) mass is 326 g/mol. The normalized spacial score (nSPS) is 19.7. The van der Waals surface area contributed by atoms with Gasteiger partial charge in [-0.1, -0.05) is 11.6 Å². The van der Waals surface area contributed by atoms with Gasteiger partial charge in [0.1, 0.15) is 5.82 Å². The molecule has 1 aromatic rings. The minimum Gasteiger partial charge on any atom is -0.365 e. The van der Waals surface area contributed by atoms with Gasteiger partial charge in [0.05, 0.1) is 18.1 Å². The molecule has 1 atom stereocenters. The van der Waals surface area contributed by atoms with Gasteiger partial charge < -0.3 is 9.64 Å². The standard InChI is InChI=1S/C10H10ClF3N4O3/c1-5-15-8(11)7(18(19)20)9(16-5)17-2-3-21-6(4-17)10(12,13)14/h6H,2-4H2,1H3. The van der Waals surface area contributed by atoms with E-state index in [0.717, 1.165) is 4.90 Å². The average Bonchev–Trinajstić information content (AvgIpc) is 2.36. The molecule has 1 fully saturated rings. The fraction of sp³-hybridized carbons (Fsp3) is 0.600. The summed E-state index contributed by atoms with van der Waals surface area (Å²) in [5.74, 6) is -0.0919. The van der Waals surface area contributed by atoms with E-state index in [9.17, 15) is 23.3 Å². The Bertz CT molecular complexity index is 569. The fourth-order valence-electron chi connectivity index (χ4n) is 1.94. The molecule has 21 heavy (non-hydrogen) atoms. The minimum atomic E-state index is -4.56. The van der Waals surface area contributed by atoms with Gasteiger partial charge in [0, 0.05) is 6.54 Å². The van der Waals surface area contributed by atoms with E-state index in [1.165, 1.54) is 6.92 Å². The summed E-state index contributed by atoms with van der Waals surface area (Å²) in [7, 11) is 0. The molecule has 0 N–H and O–H groups in total. The van der Waals surface area contributed by atoms with Crippen molar-refractivity contribution >= 4 is 23.1 Å². The first-order valence-electron chi connectivity index (χ1n) is 5.82. The first-order valence-corrected chi connectivity index (χ1v) is 6.19. The maximum absolute atomic E-state index is 12.7. The summed E-state index contributed by atoms with van der Waals surface area (Å²) in [5.41, 5.74) is -0.606. The van der Waals surface area contributed by atoms with Crippen LogP contribution >= 0.6 is 11.6 Å². The molecule has 1 aliphatic heterocycles. The quantitative estimate of drug-likeness (QED) is 0.470. The second kappa shape index (κ2) is 5.60. The Hall–Kier alpha value is -1.68. The highest BCUT2D eigenvalue weighted by molar-refractivity contribution is 6.31. The van der Waals surface area contributed by atoms with Crippen LogP contribution < -0.4 is 4.90 Å². The van der Waals surface area contributed by atoms with Crippen molar-refractivity contribution in [1.29, 1.82) is 0 Å². The van der Waals surface area contributed by atoms with Gasteiger partial charge in [-0.3, -0.25) is 10.1 Å². The number of nitro groups is 1. The van der Waals surface area contributed by atoms with Gasteiger partial charge in [0.15, 0.2) is 6.10 Å². The van der Waals surface area contributed by atoms with Gasteiger partial charge in [-0.2, -0.15) is 13.2 Å². The molecular weight excluding hydrogens is 317 g/mol. The Morgan fingerprint density at radius 2 is 2.14 bits per heavy atom. The summed E-state index contributed by atoms with van der Waals surface area (Å²) in [4.78, 5) is 18.9. The molecule has 2 rings (SSSR count). The van der Waals surface area contributed by atoms with Crippen LogP contribution in [-0.4, -0.2) is 46.9 Å². The highest BCUT2D eigenvalue weighted by Crippen LogP contribution is 2.35. The molecule has 1 aromatic heterocycles. The lowest BCUT2D eigenvalue weighted by molar-refractivity contribution is -0.384. The molecule has 1 unspecified atom stereocenters. The predicted octanol–water partition coefficient (Wildman–Crippen LogP) is 2.11. The van der Waals surface area contributed by atoms with Crippen molar-refractivity contribution in [2.45, 2.75) is 19.2 Å². The predicted molar refractivity (Wildman–Crippen MR) is 66.4 cm³/mol. The largest absolute Gasteiger partial charge is 0.416 e. The number of aromatic nitrogens is 2. The molecule has 7 nitrogen and oxygen atoms in total. The SMILES string of the molecule is Cc1nc(Cl)c([N+](=O)[O-])c(N2CCOC(C(F)(F)F)C2)n1. The van der Waals surface area contributed by atoms with Crippen LogP contribution in [0, 0.1) is 17.0 Å². The lowest BCUT2D eigenvalue weighted by Crippen LogP contribution is -2.49. The number of alkyl halides is 3. The zero-order chi connectivity index (χ0) is 15.8. The van der Waals surface area contributed by atoms with Gasteiger partial charge in [-0.25, -0.2) is 9.97 Å². The average molecular weight is 327 g/mol. The van der Waals surface area contributed by atoms with E-state index >= 15 is 0 Å². The zero-order valence-electron chi connectivity index (χ0n) is 10.7. The second-order valence-corrected chi connectivity index (χ2v) is 4.70. The number of anilines is 1.